The zero-order chi connectivity index (χ0) is 14.2. The summed E-state index contributed by atoms with van der Waals surface area (Å²) in [7, 11) is 0. The van der Waals surface area contributed by atoms with Crippen LogP contribution in [0.15, 0.2) is 18.5 Å². The van der Waals surface area contributed by atoms with Crippen LogP contribution in [0.3, 0.4) is 0 Å². The van der Waals surface area contributed by atoms with Gasteiger partial charge in [0.25, 0.3) is 0 Å². The average molecular weight is 276 g/mol. The highest BCUT2D eigenvalue weighted by Crippen LogP contribution is 2.30. The van der Waals surface area contributed by atoms with E-state index >= 15 is 0 Å². The van der Waals surface area contributed by atoms with E-state index in [2.05, 4.69) is 11.9 Å². The Morgan fingerprint density at radius 1 is 1.30 bits per heavy atom. The van der Waals surface area contributed by atoms with Crippen LogP contribution in [0.25, 0.3) is 0 Å². The SMILES string of the molecule is CCCOc1cncc(C(N)CCC2CCCCC2)c1. The quantitative estimate of drug-likeness (QED) is 0.810. The number of nitrogens with zero attached hydrogens (tertiary/aromatic N) is 1. The highest BCUT2D eigenvalue weighted by atomic mass is 16.5. The maximum absolute atomic E-state index is 6.31. The third kappa shape index (κ3) is 4.78. The molecule has 0 spiro atoms. The third-order valence-corrected chi connectivity index (χ3v) is 4.25. The van der Waals surface area contributed by atoms with E-state index in [1.54, 1.807) is 6.20 Å². The van der Waals surface area contributed by atoms with Crippen molar-refractivity contribution in [1.29, 1.82) is 0 Å². The minimum Gasteiger partial charge on any atom is -0.492 e. The Hall–Kier alpha value is -1.09. The van der Waals surface area contributed by atoms with Crippen LogP contribution >= 0.6 is 0 Å². The van der Waals surface area contributed by atoms with Crippen molar-refractivity contribution < 1.29 is 4.74 Å². The van der Waals surface area contributed by atoms with Crippen molar-refractivity contribution in [2.24, 2.45) is 11.7 Å². The van der Waals surface area contributed by atoms with Gasteiger partial charge in [-0.05, 0) is 36.8 Å². The first-order valence-electron chi connectivity index (χ1n) is 8.13. The molecule has 1 fully saturated rings. The van der Waals surface area contributed by atoms with Crippen molar-refractivity contribution in [3.8, 4) is 5.75 Å². The van der Waals surface area contributed by atoms with Gasteiger partial charge in [-0.25, -0.2) is 0 Å². The molecule has 1 aliphatic carbocycles. The van der Waals surface area contributed by atoms with Gasteiger partial charge in [0.15, 0.2) is 0 Å². The molecular weight excluding hydrogens is 248 g/mol. The highest BCUT2D eigenvalue weighted by molar-refractivity contribution is 5.25. The predicted molar refractivity (Wildman–Crippen MR) is 82.8 cm³/mol. The molecule has 1 heterocycles. The minimum absolute atomic E-state index is 0.0922. The van der Waals surface area contributed by atoms with Crippen LogP contribution in [0.4, 0.5) is 0 Å². The van der Waals surface area contributed by atoms with Crippen LogP contribution in [-0.2, 0) is 0 Å². The maximum atomic E-state index is 6.31. The van der Waals surface area contributed by atoms with Gasteiger partial charge in [-0.3, -0.25) is 4.98 Å². The van der Waals surface area contributed by atoms with E-state index in [1.807, 2.05) is 12.3 Å². The number of hydrogen-bond acceptors (Lipinski definition) is 3. The summed E-state index contributed by atoms with van der Waals surface area (Å²) in [6, 6.07) is 2.14. The lowest BCUT2D eigenvalue weighted by molar-refractivity contribution is 0.314. The highest BCUT2D eigenvalue weighted by Gasteiger charge is 2.15. The number of nitrogens with two attached hydrogens (primary N) is 1. The summed E-state index contributed by atoms with van der Waals surface area (Å²) in [6.07, 6.45) is 14.0. The average Bonchev–Trinajstić information content (AvgIpc) is 2.52. The zero-order valence-corrected chi connectivity index (χ0v) is 12.7. The predicted octanol–water partition coefficient (Wildman–Crippen LogP) is 4.23. The van der Waals surface area contributed by atoms with Crippen LogP contribution in [-0.4, -0.2) is 11.6 Å². The van der Waals surface area contributed by atoms with Crippen molar-refractivity contribution in [2.45, 2.75) is 64.3 Å². The molecule has 0 saturated heterocycles. The fourth-order valence-electron chi connectivity index (χ4n) is 2.99. The molecule has 1 saturated carbocycles. The van der Waals surface area contributed by atoms with Gasteiger partial charge in [0.2, 0.25) is 0 Å². The Kier molecular flexibility index (Phi) is 6.31. The Bertz CT molecular complexity index is 388. The third-order valence-electron chi connectivity index (χ3n) is 4.25. The normalized spacial score (nSPS) is 17.9. The van der Waals surface area contributed by atoms with E-state index < -0.39 is 0 Å². The topological polar surface area (TPSA) is 48.1 Å². The van der Waals surface area contributed by atoms with Crippen molar-refractivity contribution >= 4 is 0 Å². The molecule has 1 aromatic rings. The Morgan fingerprint density at radius 2 is 2.10 bits per heavy atom. The number of pyridine rings is 1. The van der Waals surface area contributed by atoms with Gasteiger partial charge in [0, 0.05) is 12.2 Å². The fourth-order valence-corrected chi connectivity index (χ4v) is 2.99. The van der Waals surface area contributed by atoms with Gasteiger partial charge in [0.1, 0.15) is 5.75 Å². The van der Waals surface area contributed by atoms with E-state index in [-0.39, 0.29) is 6.04 Å². The number of rotatable bonds is 7. The molecule has 0 amide bonds. The molecule has 112 valence electrons. The molecule has 2 N–H and O–H groups in total. The Morgan fingerprint density at radius 3 is 2.85 bits per heavy atom. The standard InChI is InChI=1S/C17H28N2O/c1-2-10-20-16-11-15(12-19-13-16)17(18)9-8-14-6-4-3-5-7-14/h11-14,17H,2-10,18H2,1H3. The van der Waals surface area contributed by atoms with Crippen LogP contribution < -0.4 is 10.5 Å². The molecule has 1 aromatic heterocycles. The van der Waals surface area contributed by atoms with Crippen LogP contribution in [0.1, 0.15) is 69.9 Å². The first-order chi connectivity index (χ1) is 9.79. The summed E-state index contributed by atoms with van der Waals surface area (Å²) in [5, 5.41) is 0. The maximum Gasteiger partial charge on any atom is 0.137 e. The number of ether oxygens (including phenoxy) is 1. The van der Waals surface area contributed by atoms with Gasteiger partial charge in [-0.2, -0.15) is 0 Å². The van der Waals surface area contributed by atoms with E-state index in [0.29, 0.717) is 0 Å². The lowest BCUT2D eigenvalue weighted by Crippen LogP contribution is -2.14. The largest absolute Gasteiger partial charge is 0.492 e. The van der Waals surface area contributed by atoms with Crippen LogP contribution in [0.2, 0.25) is 0 Å². The Labute approximate surface area is 122 Å². The van der Waals surface area contributed by atoms with Crippen molar-refractivity contribution in [3.63, 3.8) is 0 Å². The molecule has 1 atom stereocenters. The molecule has 3 heteroatoms. The van der Waals surface area contributed by atoms with Gasteiger partial charge < -0.3 is 10.5 Å². The van der Waals surface area contributed by atoms with E-state index in [1.165, 1.54) is 38.5 Å². The molecule has 1 unspecified atom stereocenters. The summed E-state index contributed by atoms with van der Waals surface area (Å²) < 4.78 is 5.62. The zero-order valence-electron chi connectivity index (χ0n) is 12.7. The summed E-state index contributed by atoms with van der Waals surface area (Å²) in [5.74, 6) is 1.74. The second-order valence-corrected chi connectivity index (χ2v) is 5.99. The molecule has 1 aliphatic rings. The van der Waals surface area contributed by atoms with Crippen molar-refractivity contribution in [1.82, 2.24) is 4.98 Å². The summed E-state index contributed by atoms with van der Waals surface area (Å²) in [5.41, 5.74) is 7.42. The summed E-state index contributed by atoms with van der Waals surface area (Å²) in [4.78, 5) is 4.25. The minimum atomic E-state index is 0.0922. The first-order valence-corrected chi connectivity index (χ1v) is 8.13. The lowest BCUT2D eigenvalue weighted by atomic mass is 9.85. The van der Waals surface area contributed by atoms with Gasteiger partial charge >= 0.3 is 0 Å². The van der Waals surface area contributed by atoms with Gasteiger partial charge in [0.05, 0.1) is 12.8 Å². The Balaban J connectivity index is 1.82. The van der Waals surface area contributed by atoms with E-state index in [4.69, 9.17) is 10.5 Å². The molecule has 0 aromatic carbocycles. The van der Waals surface area contributed by atoms with Crippen LogP contribution in [0.5, 0.6) is 5.75 Å². The van der Waals surface area contributed by atoms with Gasteiger partial charge in [-0.15, -0.1) is 0 Å². The number of aromatic nitrogens is 1. The second-order valence-electron chi connectivity index (χ2n) is 5.99. The van der Waals surface area contributed by atoms with Crippen LogP contribution in [0, 0.1) is 5.92 Å². The number of hydrogen-bond donors (Lipinski definition) is 1. The molecule has 0 radical (unpaired) electrons. The van der Waals surface area contributed by atoms with Crippen molar-refractivity contribution in [3.05, 3.63) is 24.0 Å². The monoisotopic (exact) mass is 276 g/mol. The van der Waals surface area contributed by atoms with Gasteiger partial charge in [-0.1, -0.05) is 39.0 Å². The smallest absolute Gasteiger partial charge is 0.137 e. The first kappa shape index (κ1) is 15.3. The van der Waals surface area contributed by atoms with E-state index in [9.17, 15) is 0 Å². The lowest BCUT2D eigenvalue weighted by Gasteiger charge is -2.23. The molecule has 20 heavy (non-hydrogen) atoms. The molecule has 3 nitrogen and oxygen atoms in total. The molecular formula is C17H28N2O. The molecule has 0 aliphatic heterocycles. The second kappa shape index (κ2) is 8.25. The molecule has 2 rings (SSSR count). The molecule has 0 bridgehead atoms. The fraction of sp³-hybridized carbons (Fsp3) is 0.706. The summed E-state index contributed by atoms with van der Waals surface area (Å²) >= 11 is 0. The van der Waals surface area contributed by atoms with E-state index in [0.717, 1.165) is 36.7 Å². The summed E-state index contributed by atoms with van der Waals surface area (Å²) in [6.45, 7) is 2.84. The van der Waals surface area contributed by atoms with Crippen molar-refractivity contribution in [2.75, 3.05) is 6.61 Å².